The summed E-state index contributed by atoms with van der Waals surface area (Å²) in [6.07, 6.45) is 3.59. The van der Waals surface area contributed by atoms with Crippen LogP contribution in [0.5, 0.6) is 0 Å². The van der Waals surface area contributed by atoms with Gasteiger partial charge in [0.15, 0.2) is 0 Å². The van der Waals surface area contributed by atoms with E-state index in [1.54, 1.807) is 6.07 Å². The highest BCUT2D eigenvalue weighted by Gasteiger charge is 2.26. The quantitative estimate of drug-likeness (QED) is 0.530. The van der Waals surface area contributed by atoms with Crippen LogP contribution in [0.15, 0.2) is 23.3 Å². The summed E-state index contributed by atoms with van der Waals surface area (Å²) in [7, 11) is 0. The Morgan fingerprint density at radius 2 is 2.31 bits per heavy atom. The van der Waals surface area contributed by atoms with E-state index in [4.69, 9.17) is 11.6 Å². The lowest BCUT2D eigenvalue weighted by Crippen LogP contribution is -1.88. The molecule has 0 N–H and O–H groups in total. The third-order valence-electron chi connectivity index (χ3n) is 1.86. The van der Waals surface area contributed by atoms with E-state index in [1.807, 2.05) is 0 Å². The van der Waals surface area contributed by atoms with Crippen molar-refractivity contribution in [3.63, 3.8) is 0 Å². The summed E-state index contributed by atoms with van der Waals surface area (Å²) in [6, 6.07) is 2.84. The van der Waals surface area contributed by atoms with Crippen LogP contribution in [0.1, 0.15) is 12.8 Å². The molecule has 0 atom stereocenters. The number of halogens is 2. The maximum Gasteiger partial charge on any atom is 0.212 e. The average Bonchev–Trinajstić information content (AvgIpc) is 2.91. The van der Waals surface area contributed by atoms with E-state index in [9.17, 15) is 4.39 Å². The van der Waals surface area contributed by atoms with Crippen LogP contribution in [-0.2, 0) is 0 Å². The Bertz CT molecular complexity index is 330. The maximum atomic E-state index is 12.4. The van der Waals surface area contributed by atoms with Gasteiger partial charge in [0, 0.05) is 5.92 Å². The van der Waals surface area contributed by atoms with Crippen LogP contribution in [0.25, 0.3) is 0 Å². The van der Waals surface area contributed by atoms with Crippen molar-refractivity contribution < 1.29 is 4.39 Å². The van der Waals surface area contributed by atoms with Crippen LogP contribution >= 0.6 is 11.6 Å². The van der Waals surface area contributed by atoms with E-state index >= 15 is 0 Å². The van der Waals surface area contributed by atoms with Crippen molar-refractivity contribution in [1.29, 1.82) is 0 Å². The Morgan fingerprint density at radius 1 is 1.54 bits per heavy atom. The molecule has 0 spiro atoms. The van der Waals surface area contributed by atoms with E-state index in [1.165, 1.54) is 12.3 Å². The lowest BCUT2D eigenvalue weighted by molar-refractivity contribution is 0.584. The third kappa shape index (κ3) is 2.25. The van der Waals surface area contributed by atoms with Gasteiger partial charge in [0.05, 0.1) is 11.9 Å². The molecule has 1 aliphatic rings. The normalized spacial score (nSPS) is 17.5. The smallest absolute Gasteiger partial charge is 0.212 e. The zero-order valence-corrected chi connectivity index (χ0v) is 7.63. The molecule has 1 saturated carbocycles. The minimum Gasteiger partial charge on any atom is -0.239 e. The van der Waals surface area contributed by atoms with E-state index in [2.05, 4.69) is 9.98 Å². The molecule has 0 saturated heterocycles. The SMILES string of the molecule is Fc1ccc(N=C(Cl)C2CC2)cn1. The standard InChI is InChI=1S/C9H8ClFN2/c10-9(6-1-2-6)13-7-3-4-8(11)12-5-7/h3-6H,1-2H2. The monoisotopic (exact) mass is 198 g/mol. The molecule has 1 fully saturated rings. The summed E-state index contributed by atoms with van der Waals surface area (Å²) in [6.45, 7) is 0. The molecular formula is C9H8ClFN2. The van der Waals surface area contributed by atoms with Crippen LogP contribution in [0.4, 0.5) is 10.1 Å². The van der Waals surface area contributed by atoms with Gasteiger partial charge >= 0.3 is 0 Å². The molecular weight excluding hydrogens is 191 g/mol. The number of hydrogen-bond donors (Lipinski definition) is 0. The summed E-state index contributed by atoms with van der Waals surface area (Å²) in [4.78, 5) is 7.59. The van der Waals surface area contributed by atoms with Crippen LogP contribution < -0.4 is 0 Å². The molecule has 0 unspecified atom stereocenters. The van der Waals surface area contributed by atoms with Crippen molar-refractivity contribution in [3.05, 3.63) is 24.3 Å². The second-order valence-corrected chi connectivity index (χ2v) is 3.44. The number of aromatic nitrogens is 1. The largest absolute Gasteiger partial charge is 0.239 e. The van der Waals surface area contributed by atoms with Crippen molar-refractivity contribution in [2.24, 2.45) is 10.9 Å². The highest BCUT2D eigenvalue weighted by molar-refractivity contribution is 6.66. The first-order valence-electron chi connectivity index (χ1n) is 4.11. The summed E-state index contributed by atoms with van der Waals surface area (Å²) in [5.41, 5.74) is 0.610. The zero-order valence-electron chi connectivity index (χ0n) is 6.87. The predicted octanol–water partition coefficient (Wildman–Crippen LogP) is 2.90. The fourth-order valence-corrected chi connectivity index (χ4v) is 1.29. The molecule has 1 aromatic heterocycles. The summed E-state index contributed by atoms with van der Waals surface area (Å²) in [5.74, 6) is -0.0757. The highest BCUT2D eigenvalue weighted by atomic mass is 35.5. The predicted molar refractivity (Wildman–Crippen MR) is 49.9 cm³/mol. The fourth-order valence-electron chi connectivity index (χ4n) is 0.970. The maximum absolute atomic E-state index is 12.4. The molecule has 0 bridgehead atoms. The summed E-state index contributed by atoms with van der Waals surface area (Å²) >= 11 is 5.88. The van der Waals surface area contributed by atoms with Gasteiger partial charge in [-0.25, -0.2) is 9.98 Å². The molecule has 13 heavy (non-hydrogen) atoms. The zero-order chi connectivity index (χ0) is 9.26. The summed E-state index contributed by atoms with van der Waals surface area (Å²) < 4.78 is 12.4. The van der Waals surface area contributed by atoms with E-state index in [0.29, 0.717) is 16.8 Å². The van der Waals surface area contributed by atoms with Gasteiger partial charge in [-0.05, 0) is 25.0 Å². The van der Waals surface area contributed by atoms with Crippen LogP contribution in [0, 0.1) is 11.9 Å². The number of nitrogens with zero attached hydrogens (tertiary/aromatic N) is 2. The van der Waals surface area contributed by atoms with Gasteiger partial charge in [-0.3, -0.25) is 0 Å². The molecule has 0 amide bonds. The van der Waals surface area contributed by atoms with Gasteiger partial charge in [-0.1, -0.05) is 11.6 Å². The van der Waals surface area contributed by atoms with Gasteiger partial charge in [-0.2, -0.15) is 4.39 Å². The van der Waals surface area contributed by atoms with Gasteiger partial charge in [0.2, 0.25) is 5.95 Å². The van der Waals surface area contributed by atoms with Crippen molar-refractivity contribution in [1.82, 2.24) is 4.98 Å². The Morgan fingerprint density at radius 3 is 2.85 bits per heavy atom. The first kappa shape index (κ1) is 8.63. The van der Waals surface area contributed by atoms with Crippen molar-refractivity contribution in [2.45, 2.75) is 12.8 Å². The van der Waals surface area contributed by atoms with Crippen molar-refractivity contribution >= 4 is 22.5 Å². The Kier molecular flexibility index (Phi) is 2.27. The minimum absolute atomic E-state index is 0.423. The Balaban J connectivity index is 2.16. The minimum atomic E-state index is -0.499. The van der Waals surface area contributed by atoms with Gasteiger partial charge < -0.3 is 0 Å². The van der Waals surface area contributed by atoms with E-state index in [0.717, 1.165) is 12.8 Å². The van der Waals surface area contributed by atoms with Gasteiger partial charge in [0.1, 0.15) is 5.17 Å². The molecule has 1 heterocycles. The first-order valence-corrected chi connectivity index (χ1v) is 4.49. The molecule has 0 aliphatic heterocycles. The second kappa shape index (κ2) is 3.42. The summed E-state index contributed by atoms with van der Waals surface area (Å²) in [5, 5.41) is 0.605. The molecule has 0 aromatic carbocycles. The van der Waals surface area contributed by atoms with Crippen LogP contribution in [0.3, 0.4) is 0 Å². The first-order chi connectivity index (χ1) is 6.25. The van der Waals surface area contributed by atoms with E-state index in [-0.39, 0.29) is 0 Å². The van der Waals surface area contributed by atoms with E-state index < -0.39 is 5.95 Å². The lowest BCUT2D eigenvalue weighted by Gasteiger charge is -1.94. The molecule has 2 nitrogen and oxygen atoms in total. The highest BCUT2D eigenvalue weighted by Crippen LogP contribution is 2.33. The van der Waals surface area contributed by atoms with Gasteiger partial charge in [0.25, 0.3) is 0 Å². The molecule has 2 rings (SSSR count). The number of rotatable bonds is 2. The Hall–Kier alpha value is -0.960. The number of pyridine rings is 1. The van der Waals surface area contributed by atoms with Gasteiger partial charge in [-0.15, -0.1) is 0 Å². The Labute approximate surface area is 80.5 Å². The molecule has 1 aromatic rings. The molecule has 0 radical (unpaired) electrons. The molecule has 1 aliphatic carbocycles. The second-order valence-electron chi connectivity index (χ2n) is 3.05. The third-order valence-corrected chi connectivity index (χ3v) is 2.26. The topological polar surface area (TPSA) is 25.2 Å². The lowest BCUT2D eigenvalue weighted by atomic mass is 10.4. The fraction of sp³-hybridized carbons (Fsp3) is 0.333. The molecule has 4 heteroatoms. The number of hydrogen-bond acceptors (Lipinski definition) is 2. The number of aliphatic imine (C=N–C) groups is 1. The molecule has 68 valence electrons. The van der Waals surface area contributed by atoms with Crippen molar-refractivity contribution in [2.75, 3.05) is 0 Å². The van der Waals surface area contributed by atoms with Crippen LogP contribution in [-0.4, -0.2) is 10.2 Å². The van der Waals surface area contributed by atoms with Crippen LogP contribution in [0.2, 0.25) is 0 Å². The average molecular weight is 199 g/mol. The van der Waals surface area contributed by atoms with Crippen molar-refractivity contribution in [3.8, 4) is 0 Å².